The lowest BCUT2D eigenvalue weighted by Gasteiger charge is -2.07. The van der Waals surface area contributed by atoms with E-state index in [9.17, 15) is 14.5 Å². The van der Waals surface area contributed by atoms with Gasteiger partial charge >= 0.3 is 0 Å². The Morgan fingerprint density at radius 1 is 0.964 bits per heavy atom. The van der Waals surface area contributed by atoms with Crippen molar-refractivity contribution in [3.8, 4) is 0 Å². The number of nitro groups is 1. The van der Waals surface area contributed by atoms with Crippen LogP contribution in [0, 0.1) is 15.9 Å². The number of aliphatic imine (C=N–C) groups is 1. The van der Waals surface area contributed by atoms with Gasteiger partial charge in [0.25, 0.3) is 5.69 Å². The van der Waals surface area contributed by atoms with Crippen LogP contribution in [0.2, 0.25) is 5.02 Å². The lowest BCUT2D eigenvalue weighted by molar-refractivity contribution is -0.384. The average molecular weight is 395 g/mol. The Hall–Kier alpha value is -3.58. The normalized spacial score (nSPS) is 12.9. The molecule has 0 aromatic heterocycles. The lowest BCUT2D eigenvalue weighted by atomic mass is 10.0. The SMILES string of the molecule is O=[N+]([O-])c1ccc(C2=NNC(c3ccc(Cl)cc3)=Nc3ccc(F)cc32)cc1. The monoisotopic (exact) mass is 394 g/mol. The minimum absolute atomic E-state index is 0.0384. The number of halogens is 2. The molecule has 0 saturated carbocycles. The van der Waals surface area contributed by atoms with E-state index in [0.29, 0.717) is 33.4 Å². The molecule has 1 aliphatic heterocycles. The van der Waals surface area contributed by atoms with Crippen molar-refractivity contribution >= 4 is 34.5 Å². The van der Waals surface area contributed by atoms with Gasteiger partial charge in [0.2, 0.25) is 0 Å². The van der Waals surface area contributed by atoms with Crippen molar-refractivity contribution in [2.45, 2.75) is 0 Å². The highest BCUT2D eigenvalue weighted by atomic mass is 35.5. The molecule has 0 spiro atoms. The maximum Gasteiger partial charge on any atom is 0.269 e. The zero-order valence-electron chi connectivity index (χ0n) is 14.3. The van der Waals surface area contributed by atoms with Crippen molar-refractivity contribution in [3.05, 3.63) is 104 Å². The first-order valence-corrected chi connectivity index (χ1v) is 8.62. The number of hydrazone groups is 1. The van der Waals surface area contributed by atoms with Crippen molar-refractivity contribution < 1.29 is 9.31 Å². The smallest absolute Gasteiger partial charge is 0.260 e. The fourth-order valence-electron chi connectivity index (χ4n) is 2.81. The Kier molecular flexibility index (Phi) is 4.58. The van der Waals surface area contributed by atoms with Crippen molar-refractivity contribution in [2.24, 2.45) is 10.1 Å². The third-order valence-electron chi connectivity index (χ3n) is 4.19. The second-order valence-electron chi connectivity index (χ2n) is 6.00. The molecule has 0 amide bonds. The van der Waals surface area contributed by atoms with Gasteiger partial charge in [0.1, 0.15) is 11.5 Å². The molecule has 0 radical (unpaired) electrons. The Morgan fingerprint density at radius 2 is 1.64 bits per heavy atom. The first-order chi connectivity index (χ1) is 13.5. The number of rotatable bonds is 3. The summed E-state index contributed by atoms with van der Waals surface area (Å²) in [5, 5.41) is 15.9. The number of hydrogen-bond donors (Lipinski definition) is 1. The van der Waals surface area contributed by atoms with Crippen LogP contribution >= 0.6 is 11.6 Å². The zero-order valence-corrected chi connectivity index (χ0v) is 15.0. The Morgan fingerprint density at radius 3 is 2.32 bits per heavy atom. The molecule has 138 valence electrons. The van der Waals surface area contributed by atoms with Crippen molar-refractivity contribution in [2.75, 3.05) is 0 Å². The molecule has 1 N–H and O–H groups in total. The fraction of sp³-hybridized carbons (Fsp3) is 0. The van der Waals surface area contributed by atoms with Crippen LogP contribution in [0.25, 0.3) is 0 Å². The number of non-ortho nitro benzene ring substituents is 1. The van der Waals surface area contributed by atoms with Crippen LogP contribution in [0.4, 0.5) is 15.8 Å². The molecule has 1 aliphatic rings. The molecule has 1 heterocycles. The van der Waals surface area contributed by atoms with Crippen molar-refractivity contribution in [1.82, 2.24) is 5.43 Å². The average Bonchev–Trinajstić information content (AvgIpc) is 2.88. The molecule has 0 saturated heterocycles. The summed E-state index contributed by atoms with van der Waals surface area (Å²) in [4.78, 5) is 15.0. The van der Waals surface area contributed by atoms with Gasteiger partial charge in [-0.15, -0.1) is 0 Å². The lowest BCUT2D eigenvalue weighted by Crippen LogP contribution is -2.19. The molecule has 3 aromatic carbocycles. The molecule has 0 unspecified atom stereocenters. The summed E-state index contributed by atoms with van der Waals surface area (Å²) in [6.07, 6.45) is 0. The summed E-state index contributed by atoms with van der Waals surface area (Å²) in [6, 6.07) is 17.2. The van der Waals surface area contributed by atoms with Crippen LogP contribution in [-0.4, -0.2) is 16.5 Å². The van der Waals surface area contributed by atoms with E-state index >= 15 is 0 Å². The molecule has 0 bridgehead atoms. The van der Waals surface area contributed by atoms with Crippen LogP contribution in [0.5, 0.6) is 0 Å². The van der Waals surface area contributed by atoms with Gasteiger partial charge in [0.05, 0.1) is 10.6 Å². The zero-order chi connectivity index (χ0) is 19.7. The highest BCUT2D eigenvalue weighted by molar-refractivity contribution is 6.30. The predicted octanol–water partition coefficient (Wildman–Crippen LogP) is 4.82. The van der Waals surface area contributed by atoms with E-state index in [1.165, 1.54) is 24.3 Å². The Labute approximate surface area is 164 Å². The van der Waals surface area contributed by atoms with Gasteiger partial charge in [-0.3, -0.25) is 15.5 Å². The van der Waals surface area contributed by atoms with Crippen molar-refractivity contribution in [1.29, 1.82) is 0 Å². The molecular weight excluding hydrogens is 383 g/mol. The highest BCUT2D eigenvalue weighted by Gasteiger charge is 2.19. The van der Waals surface area contributed by atoms with E-state index < -0.39 is 10.7 Å². The number of benzene rings is 3. The van der Waals surface area contributed by atoms with Gasteiger partial charge in [-0.05, 0) is 54.6 Å². The Balaban J connectivity index is 1.82. The van der Waals surface area contributed by atoms with Gasteiger partial charge in [-0.2, -0.15) is 5.10 Å². The van der Waals surface area contributed by atoms with E-state index in [2.05, 4.69) is 15.5 Å². The third kappa shape index (κ3) is 3.47. The number of nitrogens with zero attached hydrogens (tertiary/aromatic N) is 3. The molecule has 0 fully saturated rings. The first kappa shape index (κ1) is 17.8. The van der Waals surface area contributed by atoms with Crippen LogP contribution in [0.3, 0.4) is 0 Å². The summed E-state index contributed by atoms with van der Waals surface area (Å²) in [6.45, 7) is 0. The van der Waals surface area contributed by atoms with Gasteiger partial charge in [-0.25, -0.2) is 9.38 Å². The van der Waals surface area contributed by atoms with Gasteiger partial charge < -0.3 is 0 Å². The minimum atomic E-state index is -0.480. The summed E-state index contributed by atoms with van der Waals surface area (Å²) < 4.78 is 13.9. The predicted molar refractivity (Wildman–Crippen MR) is 106 cm³/mol. The maximum atomic E-state index is 13.9. The highest BCUT2D eigenvalue weighted by Crippen LogP contribution is 2.27. The van der Waals surface area contributed by atoms with E-state index in [1.807, 2.05) is 0 Å². The largest absolute Gasteiger partial charge is 0.269 e. The summed E-state index contributed by atoms with van der Waals surface area (Å²) in [7, 11) is 0. The fourth-order valence-corrected chi connectivity index (χ4v) is 2.93. The molecule has 3 aromatic rings. The van der Waals surface area contributed by atoms with Gasteiger partial charge in [0, 0.05) is 33.8 Å². The number of fused-ring (bicyclic) bond motifs is 1. The molecule has 28 heavy (non-hydrogen) atoms. The van der Waals surface area contributed by atoms with Crippen LogP contribution < -0.4 is 5.43 Å². The number of nitrogens with one attached hydrogen (secondary N) is 1. The quantitative estimate of drug-likeness (QED) is 0.510. The standard InChI is InChI=1S/C20H12ClFN4O2/c21-14-5-1-13(2-6-14)20-23-18-10-7-15(22)11-17(18)19(24-25-20)12-3-8-16(9-4-12)26(27)28/h1-11H,(H,23,25). The van der Waals surface area contributed by atoms with Crippen LogP contribution in [-0.2, 0) is 0 Å². The number of nitro benzene ring substituents is 1. The first-order valence-electron chi connectivity index (χ1n) is 8.24. The Bertz CT molecular complexity index is 1130. The van der Waals surface area contributed by atoms with E-state index in [-0.39, 0.29) is 5.69 Å². The summed E-state index contributed by atoms with van der Waals surface area (Å²) in [5.41, 5.74) is 5.65. The maximum absolute atomic E-state index is 13.9. The number of amidine groups is 1. The molecule has 8 heteroatoms. The van der Waals surface area contributed by atoms with Gasteiger partial charge in [-0.1, -0.05) is 11.6 Å². The molecular formula is C20H12ClFN4O2. The van der Waals surface area contributed by atoms with E-state index in [4.69, 9.17) is 11.6 Å². The molecule has 4 rings (SSSR count). The van der Waals surface area contributed by atoms with Gasteiger partial charge in [0.15, 0.2) is 5.84 Å². The topological polar surface area (TPSA) is 79.9 Å². The molecule has 0 aliphatic carbocycles. The van der Waals surface area contributed by atoms with E-state index in [1.54, 1.807) is 42.5 Å². The van der Waals surface area contributed by atoms with E-state index in [0.717, 1.165) is 5.56 Å². The van der Waals surface area contributed by atoms with Crippen LogP contribution in [0.15, 0.2) is 76.8 Å². The summed E-state index contributed by atoms with van der Waals surface area (Å²) in [5.74, 6) is 0.0416. The minimum Gasteiger partial charge on any atom is -0.260 e. The second-order valence-corrected chi connectivity index (χ2v) is 6.44. The van der Waals surface area contributed by atoms with Crippen molar-refractivity contribution in [3.63, 3.8) is 0 Å². The molecule has 0 atom stereocenters. The number of hydrogen-bond acceptors (Lipinski definition) is 5. The second kappa shape index (κ2) is 7.21. The third-order valence-corrected chi connectivity index (χ3v) is 4.44. The summed E-state index contributed by atoms with van der Waals surface area (Å²) >= 11 is 5.94. The molecule has 6 nitrogen and oxygen atoms in total. The van der Waals surface area contributed by atoms with Crippen LogP contribution in [0.1, 0.15) is 16.7 Å².